The van der Waals surface area contributed by atoms with Crippen molar-refractivity contribution in [3.8, 4) is 11.5 Å². The lowest BCUT2D eigenvalue weighted by Crippen LogP contribution is -2.36. The monoisotopic (exact) mass is 355 g/mol. The van der Waals surface area contributed by atoms with Crippen molar-refractivity contribution in [1.29, 1.82) is 0 Å². The van der Waals surface area contributed by atoms with Gasteiger partial charge >= 0.3 is 0 Å². The number of carbonyl (C=O) groups is 1. The quantitative estimate of drug-likeness (QED) is 0.773. The molecule has 25 heavy (non-hydrogen) atoms. The molecule has 128 valence electrons. The summed E-state index contributed by atoms with van der Waals surface area (Å²) >= 11 is 1.44. The number of thiophene rings is 1. The first-order valence-corrected chi connectivity index (χ1v) is 8.88. The molecule has 0 radical (unpaired) electrons. The van der Waals surface area contributed by atoms with E-state index in [1.165, 1.54) is 11.3 Å². The molecule has 0 bridgehead atoms. The molecule has 1 fully saturated rings. The minimum atomic E-state index is -0.0336. The van der Waals surface area contributed by atoms with Crippen molar-refractivity contribution in [3.05, 3.63) is 52.7 Å². The largest absolute Gasteiger partial charge is 0.347 e. The molecule has 1 aliphatic heterocycles. The van der Waals surface area contributed by atoms with Gasteiger partial charge < -0.3 is 9.84 Å². The van der Waals surface area contributed by atoms with E-state index in [-0.39, 0.29) is 18.0 Å². The number of pyridine rings is 1. The van der Waals surface area contributed by atoms with E-state index in [9.17, 15) is 4.79 Å². The summed E-state index contributed by atoms with van der Waals surface area (Å²) in [7, 11) is 1.99. The Labute approximate surface area is 148 Å². The zero-order valence-corrected chi connectivity index (χ0v) is 14.4. The summed E-state index contributed by atoms with van der Waals surface area (Å²) in [5, 5.41) is 9.01. The van der Waals surface area contributed by atoms with Gasteiger partial charge in [-0.15, -0.1) is 11.3 Å². The fraction of sp³-hybridized carbons (Fsp3) is 0.294. The smallest absolute Gasteiger partial charge is 0.261 e. The molecule has 0 aliphatic carbocycles. The molecule has 1 saturated heterocycles. The van der Waals surface area contributed by atoms with Crippen molar-refractivity contribution in [2.45, 2.75) is 18.5 Å². The van der Waals surface area contributed by atoms with Crippen molar-refractivity contribution >= 4 is 17.2 Å². The molecule has 0 saturated carbocycles. The SMILES string of the molecule is CN1CC(NC(=O)c2cccs2)CC1c1nc(-c2ccccn2)no1. The highest BCUT2D eigenvalue weighted by Crippen LogP contribution is 2.30. The van der Waals surface area contributed by atoms with E-state index in [1.54, 1.807) is 6.20 Å². The molecule has 1 N–H and O–H groups in total. The van der Waals surface area contributed by atoms with Crippen LogP contribution in [0, 0.1) is 0 Å². The van der Waals surface area contributed by atoms with Gasteiger partial charge in [-0.25, -0.2) is 0 Å². The fourth-order valence-corrected chi connectivity index (χ4v) is 3.65. The number of carbonyl (C=O) groups excluding carboxylic acids is 1. The van der Waals surface area contributed by atoms with Crippen molar-refractivity contribution in [2.75, 3.05) is 13.6 Å². The van der Waals surface area contributed by atoms with Crippen LogP contribution in [0.15, 0.2) is 46.4 Å². The molecule has 8 heteroatoms. The summed E-state index contributed by atoms with van der Waals surface area (Å²) in [6.45, 7) is 0.739. The van der Waals surface area contributed by atoms with Crippen LogP contribution < -0.4 is 5.32 Å². The first kappa shape index (κ1) is 15.9. The lowest BCUT2D eigenvalue weighted by molar-refractivity contribution is 0.0942. The Kier molecular flexibility index (Phi) is 4.29. The Bertz CT molecular complexity index is 849. The maximum atomic E-state index is 12.2. The minimum Gasteiger partial charge on any atom is -0.347 e. The van der Waals surface area contributed by atoms with Gasteiger partial charge in [0.15, 0.2) is 0 Å². The third-order valence-electron chi connectivity index (χ3n) is 4.25. The number of aromatic nitrogens is 3. The standard InChI is InChI=1S/C17H17N5O2S/c1-22-10-11(19-16(23)14-6-4-8-25-14)9-13(22)17-20-15(21-24-17)12-5-2-3-7-18-12/h2-8,11,13H,9-10H2,1H3,(H,19,23). The number of nitrogens with one attached hydrogen (secondary N) is 1. The highest BCUT2D eigenvalue weighted by atomic mass is 32.1. The zero-order chi connectivity index (χ0) is 17.2. The van der Waals surface area contributed by atoms with Crippen LogP contribution in [0.3, 0.4) is 0 Å². The highest BCUT2D eigenvalue weighted by molar-refractivity contribution is 7.12. The van der Waals surface area contributed by atoms with E-state index in [2.05, 4.69) is 25.3 Å². The number of amides is 1. The van der Waals surface area contributed by atoms with Crippen LogP contribution in [0.25, 0.3) is 11.5 Å². The van der Waals surface area contributed by atoms with E-state index >= 15 is 0 Å². The van der Waals surface area contributed by atoms with Crippen molar-refractivity contribution in [3.63, 3.8) is 0 Å². The molecule has 3 aromatic rings. The number of hydrogen-bond donors (Lipinski definition) is 1. The summed E-state index contributed by atoms with van der Waals surface area (Å²) in [5.41, 5.74) is 0.681. The van der Waals surface area contributed by atoms with Crippen LogP contribution in [-0.4, -0.2) is 45.6 Å². The van der Waals surface area contributed by atoms with Crippen LogP contribution in [0.4, 0.5) is 0 Å². The summed E-state index contributed by atoms with van der Waals surface area (Å²) in [5.74, 6) is 1.000. The van der Waals surface area contributed by atoms with Gasteiger partial charge in [0.25, 0.3) is 5.91 Å². The normalized spacial score (nSPS) is 20.7. The summed E-state index contributed by atoms with van der Waals surface area (Å²) in [6.07, 6.45) is 2.43. The maximum Gasteiger partial charge on any atom is 0.261 e. The van der Waals surface area contributed by atoms with Crippen LogP contribution in [0.1, 0.15) is 28.0 Å². The Morgan fingerprint density at radius 3 is 3.04 bits per heavy atom. The molecule has 1 aliphatic rings. The highest BCUT2D eigenvalue weighted by Gasteiger charge is 2.35. The predicted molar refractivity (Wildman–Crippen MR) is 93.1 cm³/mol. The zero-order valence-electron chi connectivity index (χ0n) is 13.6. The average molecular weight is 355 g/mol. The molecular weight excluding hydrogens is 338 g/mol. The Hall–Kier alpha value is -2.58. The number of nitrogens with zero attached hydrogens (tertiary/aromatic N) is 4. The van der Waals surface area contributed by atoms with E-state index in [0.29, 0.717) is 17.4 Å². The van der Waals surface area contributed by atoms with E-state index in [0.717, 1.165) is 17.8 Å². The van der Waals surface area contributed by atoms with E-state index < -0.39 is 0 Å². The van der Waals surface area contributed by atoms with Crippen LogP contribution in [0.5, 0.6) is 0 Å². The average Bonchev–Trinajstić information content (AvgIpc) is 3.36. The molecule has 3 aromatic heterocycles. The van der Waals surface area contributed by atoms with Gasteiger partial charge in [0.2, 0.25) is 11.7 Å². The topological polar surface area (TPSA) is 84.2 Å². The number of likely N-dealkylation sites (tertiary alicyclic amines) is 1. The number of hydrogen-bond acceptors (Lipinski definition) is 7. The third-order valence-corrected chi connectivity index (χ3v) is 5.12. The third kappa shape index (κ3) is 3.31. The second-order valence-corrected chi connectivity index (χ2v) is 6.96. The van der Waals surface area contributed by atoms with Gasteiger partial charge in [-0.2, -0.15) is 4.98 Å². The van der Waals surface area contributed by atoms with Crippen LogP contribution in [-0.2, 0) is 0 Å². The van der Waals surface area contributed by atoms with Crippen molar-refractivity contribution in [2.24, 2.45) is 0 Å². The van der Waals surface area contributed by atoms with Crippen molar-refractivity contribution < 1.29 is 9.32 Å². The summed E-state index contributed by atoms with van der Waals surface area (Å²) in [6, 6.07) is 9.31. The molecule has 4 heterocycles. The van der Waals surface area contributed by atoms with E-state index in [4.69, 9.17) is 4.52 Å². The number of rotatable bonds is 4. The molecule has 4 rings (SSSR count). The maximum absolute atomic E-state index is 12.2. The van der Waals surface area contributed by atoms with E-state index in [1.807, 2.05) is 42.8 Å². The first-order chi connectivity index (χ1) is 12.2. The van der Waals surface area contributed by atoms with Gasteiger partial charge in [0, 0.05) is 18.8 Å². The second kappa shape index (κ2) is 6.73. The van der Waals surface area contributed by atoms with Gasteiger partial charge in [-0.3, -0.25) is 14.7 Å². The van der Waals surface area contributed by atoms with Crippen molar-refractivity contribution in [1.82, 2.24) is 25.3 Å². The number of likely N-dealkylation sites (N-methyl/N-ethyl adjacent to an activating group) is 1. The minimum absolute atomic E-state index is 0.0152. The summed E-state index contributed by atoms with van der Waals surface area (Å²) < 4.78 is 5.45. The molecular formula is C17H17N5O2S. The van der Waals surface area contributed by atoms with Crippen LogP contribution in [0.2, 0.25) is 0 Å². The Morgan fingerprint density at radius 2 is 2.28 bits per heavy atom. The van der Waals surface area contributed by atoms with Gasteiger partial charge in [-0.1, -0.05) is 17.3 Å². The first-order valence-electron chi connectivity index (χ1n) is 8.00. The molecule has 0 spiro atoms. The molecule has 0 aromatic carbocycles. The van der Waals surface area contributed by atoms with Crippen LogP contribution >= 0.6 is 11.3 Å². The molecule has 2 unspecified atom stereocenters. The van der Waals surface area contributed by atoms with Gasteiger partial charge in [0.05, 0.1) is 10.9 Å². The second-order valence-electron chi connectivity index (χ2n) is 6.01. The summed E-state index contributed by atoms with van der Waals surface area (Å²) in [4.78, 5) is 23.8. The Balaban J connectivity index is 1.45. The lowest BCUT2D eigenvalue weighted by Gasteiger charge is -2.14. The molecule has 1 amide bonds. The predicted octanol–water partition coefficient (Wildman–Crippen LogP) is 2.37. The lowest BCUT2D eigenvalue weighted by atomic mass is 10.1. The van der Waals surface area contributed by atoms with Gasteiger partial charge in [0.1, 0.15) is 5.69 Å². The molecule has 7 nitrogen and oxygen atoms in total. The van der Waals surface area contributed by atoms with Gasteiger partial charge in [-0.05, 0) is 37.0 Å². The Morgan fingerprint density at radius 1 is 1.36 bits per heavy atom. The fourth-order valence-electron chi connectivity index (χ4n) is 3.03. The molecule has 2 atom stereocenters.